The molecule has 2 atom stereocenters. The van der Waals surface area contributed by atoms with Gasteiger partial charge in [-0.3, -0.25) is 9.59 Å². The maximum absolute atomic E-state index is 11.9. The van der Waals surface area contributed by atoms with Gasteiger partial charge in [-0.15, -0.1) is 0 Å². The molecule has 0 aliphatic rings. The van der Waals surface area contributed by atoms with E-state index in [9.17, 15) is 14.4 Å². The predicted molar refractivity (Wildman–Crippen MR) is 69.0 cm³/mol. The predicted octanol–water partition coefficient (Wildman–Crippen LogP) is -0.281. The molecule has 1 N–H and O–H groups in total. The van der Waals surface area contributed by atoms with Gasteiger partial charge in [0, 0.05) is 17.6 Å². The van der Waals surface area contributed by atoms with Crippen molar-refractivity contribution >= 4 is 23.9 Å². The second kappa shape index (κ2) is 9.82. The summed E-state index contributed by atoms with van der Waals surface area (Å²) in [6, 6.07) is -1.22. The lowest BCUT2D eigenvalue weighted by Gasteiger charge is -2.18. The van der Waals surface area contributed by atoms with E-state index in [-0.39, 0.29) is 12.8 Å². The van der Waals surface area contributed by atoms with Crippen LogP contribution in [0.4, 0.5) is 0 Å². The van der Waals surface area contributed by atoms with Crippen LogP contribution in [0.2, 0.25) is 0 Å². The molecular weight excluding hydrogens is 266 g/mol. The van der Waals surface area contributed by atoms with Gasteiger partial charge in [0.25, 0.3) is 0 Å². The highest BCUT2D eigenvalue weighted by atomic mass is 16.5. The van der Waals surface area contributed by atoms with Crippen LogP contribution in [-0.2, 0) is 23.9 Å². The number of amides is 1. The molecule has 0 bridgehead atoms. The molecule has 0 fully saturated rings. The molecule has 0 aliphatic heterocycles. The summed E-state index contributed by atoms with van der Waals surface area (Å²) in [5.74, 6) is -2.17. The number of hydrogen-bond acceptors (Lipinski definition) is 5. The first kappa shape index (κ1) is 13.0. The Kier molecular flexibility index (Phi) is 6.37. The molecule has 1 amide bonds. The van der Waals surface area contributed by atoms with E-state index in [4.69, 9.17) is 14.4 Å². The molecule has 0 saturated heterocycles. The fraction of sp³-hybridized carbons (Fsp3) is 0.667. The third-order valence-electron chi connectivity index (χ3n) is 2.42. The normalized spacial score (nSPS) is 15.6. The number of methoxy groups -OCH3 is 1. The highest BCUT2D eigenvalue weighted by Crippen LogP contribution is 2.02. The Labute approximate surface area is 121 Å². The molecule has 0 aromatic carbocycles. The zero-order valence-electron chi connectivity index (χ0n) is 14.3. The number of carbonyl (C=O) groups excluding carboxylic acids is 3. The van der Waals surface area contributed by atoms with Gasteiger partial charge in [-0.25, -0.2) is 4.79 Å². The first-order valence-electron chi connectivity index (χ1n) is 7.30. The van der Waals surface area contributed by atoms with E-state index in [1.165, 1.54) is 14.0 Å². The minimum atomic E-state index is -2.47. The number of rotatable bonds is 9. The second-order valence-corrected chi connectivity index (χ2v) is 3.80. The Morgan fingerprint density at radius 3 is 2.75 bits per heavy atom. The monoisotopic (exact) mass is 288 g/mol. The molecule has 0 saturated carbocycles. The number of nitrogens with one attached hydrogen (secondary N) is 1. The lowest BCUT2D eigenvalue weighted by molar-refractivity contribution is -0.148. The summed E-state index contributed by atoms with van der Waals surface area (Å²) in [6.45, 7) is -1.84. The number of ketones is 1. The molecule has 0 rings (SSSR count). The maximum atomic E-state index is 11.9. The summed E-state index contributed by atoms with van der Waals surface area (Å²) >= 11 is 0. The highest BCUT2D eigenvalue weighted by Gasteiger charge is 2.25. The third kappa shape index (κ3) is 6.77. The van der Waals surface area contributed by atoms with Crippen molar-refractivity contribution in [3.63, 3.8) is 0 Å². The van der Waals surface area contributed by atoms with E-state index in [0.29, 0.717) is 6.21 Å². The molecule has 0 heterocycles. The third-order valence-corrected chi connectivity index (χ3v) is 2.42. The van der Waals surface area contributed by atoms with Gasteiger partial charge < -0.3 is 20.3 Å². The largest absolute Gasteiger partial charge is 0.464 e. The molecule has 112 valence electrons. The van der Waals surface area contributed by atoms with Crippen LogP contribution >= 0.6 is 0 Å². The molecule has 0 unspecified atom stereocenters. The van der Waals surface area contributed by atoms with Crippen molar-refractivity contribution in [1.82, 2.24) is 5.32 Å². The first-order chi connectivity index (χ1) is 10.6. The van der Waals surface area contributed by atoms with E-state index in [1.807, 2.05) is 0 Å². The van der Waals surface area contributed by atoms with Gasteiger partial charge in [-0.1, -0.05) is 0 Å². The topological polar surface area (TPSA) is 118 Å². The van der Waals surface area contributed by atoms with E-state index >= 15 is 0 Å². The number of ether oxygens (including phenoxy) is 2. The van der Waals surface area contributed by atoms with Crippen LogP contribution in [-0.4, -0.2) is 54.5 Å². The van der Waals surface area contributed by atoms with E-state index < -0.39 is 43.3 Å². The van der Waals surface area contributed by atoms with Crippen molar-refractivity contribution < 1.29 is 32.8 Å². The summed E-state index contributed by atoms with van der Waals surface area (Å²) in [6.07, 6.45) is -0.543. The van der Waals surface area contributed by atoms with Crippen LogP contribution in [0, 0.1) is 0 Å². The second-order valence-electron chi connectivity index (χ2n) is 3.80. The van der Waals surface area contributed by atoms with Crippen molar-refractivity contribution in [2.75, 3.05) is 13.7 Å². The van der Waals surface area contributed by atoms with Crippen LogP contribution in [0.15, 0.2) is 0 Å². The first-order valence-corrected chi connectivity index (χ1v) is 5.80. The smallest absolute Gasteiger partial charge is 0.328 e. The van der Waals surface area contributed by atoms with Crippen LogP contribution in [0.3, 0.4) is 0 Å². The number of Topliss-reactive ketones (excluding diaryl/α,β-unsaturated/α-hetero) is 1. The molecular formula is C12H19N3O5. The van der Waals surface area contributed by atoms with Crippen molar-refractivity contribution in [3.05, 3.63) is 5.53 Å². The van der Waals surface area contributed by atoms with Gasteiger partial charge in [-0.2, -0.15) is 4.79 Å². The standard InChI is InChI=1S/C12H19N3O5/c1-4-20-12(18)10(6-5-9(16)7-14-13)15-11(17)8(2)19-3/h7-8,10H,4-6H2,1-3H3,(H,15,17)/t8-,10-/m0/s1/i1D3. The van der Waals surface area contributed by atoms with Crippen LogP contribution in [0.1, 0.15) is 30.7 Å². The zero-order chi connectivity index (χ0) is 18.0. The Hall–Kier alpha value is -2.05. The van der Waals surface area contributed by atoms with Gasteiger partial charge in [0.05, 0.1) is 6.61 Å². The summed E-state index contributed by atoms with van der Waals surface area (Å²) in [4.78, 5) is 37.5. The molecule has 8 heteroatoms. The number of carbonyl (C=O) groups is 3. The number of nitrogens with zero attached hydrogens (tertiary/aromatic N) is 2. The van der Waals surface area contributed by atoms with Gasteiger partial charge in [0.15, 0.2) is 0 Å². The average molecular weight is 288 g/mol. The van der Waals surface area contributed by atoms with Gasteiger partial charge in [0.1, 0.15) is 12.1 Å². The molecule has 0 spiro atoms. The quantitative estimate of drug-likeness (QED) is 0.271. The van der Waals surface area contributed by atoms with Crippen molar-refractivity contribution in [3.8, 4) is 0 Å². The van der Waals surface area contributed by atoms with Crippen LogP contribution in [0.5, 0.6) is 0 Å². The summed E-state index contributed by atoms with van der Waals surface area (Å²) < 4.78 is 30.4. The van der Waals surface area contributed by atoms with Crippen LogP contribution in [0.25, 0.3) is 5.53 Å². The van der Waals surface area contributed by atoms with Gasteiger partial charge >= 0.3 is 12.2 Å². The Morgan fingerprint density at radius 1 is 1.50 bits per heavy atom. The number of esters is 1. The maximum Gasteiger partial charge on any atom is 0.328 e. The molecule has 0 radical (unpaired) electrons. The van der Waals surface area contributed by atoms with Crippen LogP contribution < -0.4 is 5.32 Å². The molecule has 20 heavy (non-hydrogen) atoms. The molecule has 8 nitrogen and oxygen atoms in total. The Bertz CT molecular complexity index is 489. The molecule has 0 aromatic heterocycles. The Morgan fingerprint density at radius 2 is 2.20 bits per heavy atom. The lowest BCUT2D eigenvalue weighted by Crippen LogP contribution is -2.46. The van der Waals surface area contributed by atoms with Gasteiger partial charge in [0.2, 0.25) is 11.7 Å². The SMILES string of the molecule is [2H]C([2H])([2H])COC(=O)[C@H](CCC(=O)C=[N+]=[N-])NC(=O)[C@H](C)OC. The van der Waals surface area contributed by atoms with Crippen molar-refractivity contribution in [1.29, 1.82) is 0 Å². The van der Waals surface area contributed by atoms with E-state index in [2.05, 4.69) is 14.8 Å². The summed E-state index contributed by atoms with van der Waals surface area (Å²) in [5, 5.41) is 2.32. The Balaban J connectivity index is 4.83. The average Bonchev–Trinajstić information content (AvgIpc) is 2.47. The fourth-order valence-electron chi connectivity index (χ4n) is 1.23. The highest BCUT2D eigenvalue weighted by molar-refractivity contribution is 6.25. The minimum absolute atomic E-state index is 0.146. The zero-order valence-corrected chi connectivity index (χ0v) is 11.3. The van der Waals surface area contributed by atoms with E-state index in [0.717, 1.165) is 0 Å². The number of hydrogen-bond donors (Lipinski definition) is 1. The molecule has 0 aromatic rings. The van der Waals surface area contributed by atoms with Crippen molar-refractivity contribution in [2.45, 2.75) is 38.8 Å². The van der Waals surface area contributed by atoms with E-state index in [1.54, 1.807) is 0 Å². The summed E-state index contributed by atoms with van der Waals surface area (Å²) in [7, 11) is 1.30. The fourth-order valence-corrected chi connectivity index (χ4v) is 1.23. The van der Waals surface area contributed by atoms with Gasteiger partial charge in [-0.05, 0) is 20.2 Å². The van der Waals surface area contributed by atoms with Crippen molar-refractivity contribution in [2.24, 2.45) is 0 Å². The minimum Gasteiger partial charge on any atom is -0.464 e. The lowest BCUT2D eigenvalue weighted by atomic mass is 10.1. The summed E-state index contributed by atoms with van der Waals surface area (Å²) in [5.41, 5.74) is 8.24. The molecule has 0 aliphatic carbocycles.